The molecular formula is C15H20O3. The Morgan fingerprint density at radius 3 is 2.22 bits per heavy atom. The summed E-state index contributed by atoms with van der Waals surface area (Å²) >= 11 is 0. The zero-order valence-electron chi connectivity index (χ0n) is 10.9. The molecule has 1 aromatic carbocycles. The van der Waals surface area contributed by atoms with Gasteiger partial charge in [0.15, 0.2) is 0 Å². The first kappa shape index (κ1) is 12.9. The minimum Gasteiger partial charge on any atom is -0.437 e. The lowest BCUT2D eigenvalue weighted by molar-refractivity contribution is 0.121. The standard InChI is InChI=1S/C15H20O3/c1-17-15(16)18-14-10-8-13(9-11-14)12-6-4-2-3-5-7-12/h8-12H,2-7H2,1H3. The lowest BCUT2D eigenvalue weighted by atomic mass is 9.92. The molecule has 1 saturated carbocycles. The molecule has 0 radical (unpaired) electrons. The Kier molecular flexibility index (Phi) is 4.62. The maximum Gasteiger partial charge on any atom is 0.513 e. The minimum atomic E-state index is -0.669. The van der Waals surface area contributed by atoms with Crippen molar-refractivity contribution >= 4 is 6.16 Å². The number of hydrogen-bond donors (Lipinski definition) is 0. The molecule has 0 N–H and O–H groups in total. The largest absolute Gasteiger partial charge is 0.513 e. The van der Waals surface area contributed by atoms with Crippen molar-refractivity contribution in [2.45, 2.75) is 44.4 Å². The van der Waals surface area contributed by atoms with Crippen LogP contribution in [0.25, 0.3) is 0 Å². The molecule has 0 heterocycles. The van der Waals surface area contributed by atoms with Crippen LogP contribution in [-0.2, 0) is 4.74 Å². The van der Waals surface area contributed by atoms with Gasteiger partial charge in [-0.15, -0.1) is 0 Å². The van der Waals surface area contributed by atoms with Gasteiger partial charge >= 0.3 is 6.16 Å². The molecule has 0 aliphatic heterocycles. The molecule has 0 saturated heterocycles. The van der Waals surface area contributed by atoms with E-state index in [0.717, 1.165) is 0 Å². The van der Waals surface area contributed by atoms with Crippen molar-refractivity contribution in [3.63, 3.8) is 0 Å². The van der Waals surface area contributed by atoms with E-state index in [1.54, 1.807) is 0 Å². The highest BCUT2D eigenvalue weighted by atomic mass is 16.7. The monoisotopic (exact) mass is 248 g/mol. The third-order valence-corrected chi connectivity index (χ3v) is 3.57. The number of carbonyl (C=O) groups is 1. The van der Waals surface area contributed by atoms with Crippen LogP contribution in [-0.4, -0.2) is 13.3 Å². The van der Waals surface area contributed by atoms with Crippen LogP contribution in [0, 0.1) is 0 Å². The van der Waals surface area contributed by atoms with Gasteiger partial charge in [-0.05, 0) is 36.5 Å². The van der Waals surface area contributed by atoms with E-state index in [1.807, 2.05) is 12.1 Å². The first-order chi connectivity index (χ1) is 8.79. The molecule has 1 fully saturated rings. The van der Waals surface area contributed by atoms with E-state index in [9.17, 15) is 4.79 Å². The smallest absolute Gasteiger partial charge is 0.437 e. The maximum atomic E-state index is 11.0. The summed E-state index contributed by atoms with van der Waals surface area (Å²) in [5.74, 6) is 1.21. The van der Waals surface area contributed by atoms with Gasteiger partial charge in [-0.25, -0.2) is 4.79 Å². The highest BCUT2D eigenvalue weighted by molar-refractivity contribution is 5.63. The molecule has 1 aliphatic carbocycles. The fourth-order valence-electron chi connectivity index (χ4n) is 2.56. The average Bonchev–Trinajstić information content (AvgIpc) is 2.68. The van der Waals surface area contributed by atoms with Gasteiger partial charge in [0.25, 0.3) is 0 Å². The molecule has 18 heavy (non-hydrogen) atoms. The second-order valence-electron chi connectivity index (χ2n) is 4.81. The third-order valence-electron chi connectivity index (χ3n) is 3.57. The van der Waals surface area contributed by atoms with Crippen LogP contribution in [0.1, 0.15) is 50.0 Å². The summed E-state index contributed by atoms with van der Waals surface area (Å²) in [5.41, 5.74) is 1.36. The molecule has 3 nitrogen and oxygen atoms in total. The van der Waals surface area contributed by atoms with Gasteiger partial charge in [-0.3, -0.25) is 0 Å². The summed E-state index contributed by atoms with van der Waals surface area (Å²) in [7, 11) is 1.31. The number of rotatable bonds is 2. The van der Waals surface area contributed by atoms with Gasteiger partial charge in [0, 0.05) is 0 Å². The third kappa shape index (κ3) is 3.49. The van der Waals surface area contributed by atoms with Crippen molar-refractivity contribution in [1.29, 1.82) is 0 Å². The van der Waals surface area contributed by atoms with E-state index in [0.29, 0.717) is 11.7 Å². The Bertz CT molecular complexity index is 375. The summed E-state index contributed by atoms with van der Waals surface area (Å²) in [6.07, 6.45) is 7.25. The maximum absolute atomic E-state index is 11.0. The number of benzene rings is 1. The Balaban J connectivity index is 1.99. The second-order valence-corrected chi connectivity index (χ2v) is 4.81. The Hall–Kier alpha value is -1.51. The SMILES string of the molecule is COC(=O)Oc1ccc(C2CCCCCC2)cc1. The first-order valence-electron chi connectivity index (χ1n) is 6.65. The average molecular weight is 248 g/mol. The zero-order chi connectivity index (χ0) is 12.8. The molecule has 1 aliphatic rings. The van der Waals surface area contributed by atoms with Crippen molar-refractivity contribution in [2.24, 2.45) is 0 Å². The van der Waals surface area contributed by atoms with Crippen LogP contribution in [0.5, 0.6) is 5.75 Å². The van der Waals surface area contributed by atoms with Crippen molar-refractivity contribution in [3.05, 3.63) is 29.8 Å². The summed E-state index contributed by atoms with van der Waals surface area (Å²) in [4.78, 5) is 11.0. The molecule has 0 amide bonds. The van der Waals surface area contributed by atoms with Crippen LogP contribution in [0.15, 0.2) is 24.3 Å². The van der Waals surface area contributed by atoms with Gasteiger partial charge in [0.2, 0.25) is 0 Å². The van der Waals surface area contributed by atoms with Crippen molar-refractivity contribution in [3.8, 4) is 5.75 Å². The number of methoxy groups -OCH3 is 1. The molecule has 0 bridgehead atoms. The van der Waals surface area contributed by atoms with Crippen LogP contribution in [0.4, 0.5) is 4.79 Å². The first-order valence-corrected chi connectivity index (χ1v) is 6.65. The quantitative estimate of drug-likeness (QED) is 0.445. The predicted octanol–water partition coefficient (Wildman–Crippen LogP) is 4.27. The molecule has 0 spiro atoms. The van der Waals surface area contributed by atoms with Gasteiger partial charge in [0.1, 0.15) is 5.75 Å². The van der Waals surface area contributed by atoms with E-state index >= 15 is 0 Å². The molecule has 0 atom stereocenters. The van der Waals surface area contributed by atoms with Gasteiger partial charge in [0.05, 0.1) is 7.11 Å². The molecule has 0 aromatic heterocycles. The zero-order valence-corrected chi connectivity index (χ0v) is 10.9. The van der Waals surface area contributed by atoms with Crippen molar-refractivity contribution in [2.75, 3.05) is 7.11 Å². The molecular weight excluding hydrogens is 228 g/mol. The van der Waals surface area contributed by atoms with Gasteiger partial charge in [-0.1, -0.05) is 37.8 Å². The number of hydrogen-bond acceptors (Lipinski definition) is 3. The predicted molar refractivity (Wildman–Crippen MR) is 69.9 cm³/mol. The molecule has 3 heteroatoms. The summed E-state index contributed by atoms with van der Waals surface area (Å²) in [6, 6.07) is 7.82. The van der Waals surface area contributed by atoms with Gasteiger partial charge in [-0.2, -0.15) is 0 Å². The van der Waals surface area contributed by atoms with E-state index in [1.165, 1.54) is 51.2 Å². The lowest BCUT2D eigenvalue weighted by Gasteiger charge is -2.14. The van der Waals surface area contributed by atoms with E-state index in [2.05, 4.69) is 16.9 Å². The normalized spacial score (nSPS) is 16.9. The Labute approximate surface area is 108 Å². The van der Waals surface area contributed by atoms with Crippen molar-refractivity contribution in [1.82, 2.24) is 0 Å². The summed E-state index contributed by atoms with van der Waals surface area (Å²) < 4.78 is 9.43. The lowest BCUT2D eigenvalue weighted by Crippen LogP contribution is -2.07. The van der Waals surface area contributed by atoms with Crippen molar-refractivity contribution < 1.29 is 14.3 Å². The fourth-order valence-corrected chi connectivity index (χ4v) is 2.56. The van der Waals surface area contributed by atoms with E-state index in [4.69, 9.17) is 4.74 Å². The minimum absolute atomic E-state index is 0.541. The van der Waals surface area contributed by atoms with Crippen LogP contribution >= 0.6 is 0 Å². The number of carbonyl (C=O) groups excluding carboxylic acids is 1. The molecule has 1 aromatic rings. The Morgan fingerprint density at radius 2 is 1.67 bits per heavy atom. The van der Waals surface area contributed by atoms with E-state index in [-0.39, 0.29) is 0 Å². The summed E-state index contributed by atoms with van der Waals surface area (Å²) in [5, 5.41) is 0. The fraction of sp³-hybridized carbons (Fsp3) is 0.533. The van der Waals surface area contributed by atoms with Gasteiger partial charge < -0.3 is 9.47 Å². The van der Waals surface area contributed by atoms with E-state index < -0.39 is 6.16 Å². The molecule has 0 unspecified atom stereocenters. The molecule has 2 rings (SSSR count). The molecule has 98 valence electrons. The summed E-state index contributed by atoms with van der Waals surface area (Å²) in [6.45, 7) is 0. The topological polar surface area (TPSA) is 35.5 Å². The highest BCUT2D eigenvalue weighted by Gasteiger charge is 2.14. The number of ether oxygens (including phenoxy) is 2. The van der Waals surface area contributed by atoms with Crippen LogP contribution < -0.4 is 4.74 Å². The van der Waals surface area contributed by atoms with Crippen LogP contribution in [0.2, 0.25) is 0 Å². The Morgan fingerprint density at radius 1 is 1.06 bits per heavy atom. The van der Waals surface area contributed by atoms with Crippen LogP contribution in [0.3, 0.4) is 0 Å². The second kappa shape index (κ2) is 6.43. The highest BCUT2D eigenvalue weighted by Crippen LogP contribution is 2.32.